The van der Waals surface area contributed by atoms with Crippen molar-refractivity contribution < 1.29 is 31.9 Å². The van der Waals surface area contributed by atoms with E-state index in [0.717, 1.165) is 16.4 Å². The molecule has 0 aliphatic rings. The van der Waals surface area contributed by atoms with Gasteiger partial charge in [-0.3, -0.25) is 13.9 Å². The van der Waals surface area contributed by atoms with Crippen LogP contribution >= 0.6 is 0 Å². The first kappa shape index (κ1) is 29.4. The number of carbonyl (C=O) groups excluding carboxylic acids is 2. The zero-order valence-corrected chi connectivity index (χ0v) is 23.1. The van der Waals surface area contributed by atoms with Gasteiger partial charge in [-0.25, -0.2) is 12.8 Å². The zero-order chi connectivity index (χ0) is 28.6. The fourth-order valence-corrected chi connectivity index (χ4v) is 5.48. The summed E-state index contributed by atoms with van der Waals surface area (Å²) in [6, 6.07) is 16.7. The van der Waals surface area contributed by atoms with E-state index < -0.39 is 34.3 Å². The number of hydrogen-bond donors (Lipinski definition) is 1. The molecule has 9 nitrogen and oxygen atoms in total. The normalized spacial score (nSPS) is 11.8. The molecule has 3 aromatic carbocycles. The quantitative estimate of drug-likeness (QED) is 0.365. The van der Waals surface area contributed by atoms with Gasteiger partial charge in [-0.05, 0) is 72.6 Å². The summed E-state index contributed by atoms with van der Waals surface area (Å²) in [6.07, 6.45) is 0.289. The van der Waals surface area contributed by atoms with Crippen LogP contribution in [0.5, 0.6) is 11.5 Å². The Morgan fingerprint density at radius 1 is 0.949 bits per heavy atom. The molecule has 39 heavy (non-hydrogen) atoms. The highest BCUT2D eigenvalue weighted by atomic mass is 32.2. The smallest absolute Gasteiger partial charge is 0.264 e. The van der Waals surface area contributed by atoms with Crippen LogP contribution in [-0.4, -0.2) is 59.0 Å². The number of benzene rings is 3. The first-order chi connectivity index (χ1) is 18.6. The number of hydrogen-bond acceptors (Lipinski definition) is 6. The highest BCUT2D eigenvalue weighted by molar-refractivity contribution is 7.92. The van der Waals surface area contributed by atoms with Gasteiger partial charge >= 0.3 is 0 Å². The third-order valence-electron chi connectivity index (χ3n) is 6.16. The van der Waals surface area contributed by atoms with E-state index in [-0.39, 0.29) is 29.5 Å². The molecule has 0 heterocycles. The molecule has 3 rings (SSSR count). The molecule has 0 spiro atoms. The van der Waals surface area contributed by atoms with Crippen molar-refractivity contribution in [3.8, 4) is 11.5 Å². The highest BCUT2D eigenvalue weighted by Crippen LogP contribution is 2.26. The van der Waals surface area contributed by atoms with E-state index in [0.29, 0.717) is 17.1 Å². The monoisotopic (exact) mass is 557 g/mol. The number of nitrogens with zero attached hydrogens (tertiary/aromatic N) is 2. The fourth-order valence-electron chi connectivity index (χ4n) is 4.06. The van der Waals surface area contributed by atoms with Crippen LogP contribution in [0.4, 0.5) is 10.1 Å². The van der Waals surface area contributed by atoms with Crippen LogP contribution in [0.25, 0.3) is 0 Å². The van der Waals surface area contributed by atoms with Gasteiger partial charge in [-0.2, -0.15) is 0 Å². The number of halogens is 1. The molecule has 11 heteroatoms. The van der Waals surface area contributed by atoms with Crippen molar-refractivity contribution in [3.05, 3.63) is 84.2 Å². The van der Waals surface area contributed by atoms with Gasteiger partial charge in [0.25, 0.3) is 10.0 Å². The number of anilines is 1. The average Bonchev–Trinajstić information content (AvgIpc) is 2.96. The summed E-state index contributed by atoms with van der Waals surface area (Å²) in [5.41, 5.74) is 0.784. The average molecular weight is 558 g/mol. The Morgan fingerprint density at radius 2 is 1.59 bits per heavy atom. The second-order valence-corrected chi connectivity index (χ2v) is 10.4. The molecule has 0 aromatic heterocycles. The molecule has 0 aliphatic carbocycles. The second kappa shape index (κ2) is 13.1. The second-order valence-electron chi connectivity index (χ2n) is 8.58. The first-order valence-corrected chi connectivity index (χ1v) is 13.6. The molecule has 1 N–H and O–H groups in total. The predicted molar refractivity (Wildman–Crippen MR) is 146 cm³/mol. The lowest BCUT2D eigenvalue weighted by molar-refractivity contribution is -0.140. The van der Waals surface area contributed by atoms with Crippen LogP contribution in [0.2, 0.25) is 0 Å². The van der Waals surface area contributed by atoms with Crippen LogP contribution in [0.1, 0.15) is 18.9 Å². The van der Waals surface area contributed by atoms with Gasteiger partial charge in [0.05, 0.1) is 24.8 Å². The Balaban J connectivity index is 2.05. The summed E-state index contributed by atoms with van der Waals surface area (Å²) in [5.74, 6) is -0.533. The maximum Gasteiger partial charge on any atom is 0.264 e. The summed E-state index contributed by atoms with van der Waals surface area (Å²) in [4.78, 5) is 27.9. The van der Waals surface area contributed by atoms with E-state index in [4.69, 9.17) is 9.47 Å². The number of carbonyl (C=O) groups is 2. The molecular weight excluding hydrogens is 525 g/mol. The standard InChI is InChI=1S/C28H32FN3O6S/c1-5-26(28(34)30-2)31(18-20-7-6-8-24(17-20)38-4)27(33)19-32(22-11-9-21(29)10-12-22)39(35,36)25-15-13-23(37-3)14-16-25/h6-17,26H,5,18-19H2,1-4H3,(H,30,34)/t26-/m1/s1. The van der Waals surface area contributed by atoms with E-state index in [1.807, 2.05) is 0 Å². The zero-order valence-electron chi connectivity index (χ0n) is 22.3. The van der Waals surface area contributed by atoms with Crippen molar-refractivity contribution in [2.75, 3.05) is 32.1 Å². The van der Waals surface area contributed by atoms with Gasteiger partial charge < -0.3 is 19.7 Å². The lowest BCUT2D eigenvalue weighted by Crippen LogP contribution is -2.51. The number of sulfonamides is 1. The number of likely N-dealkylation sites (N-methyl/N-ethyl adjacent to an activating group) is 1. The molecule has 0 radical (unpaired) electrons. The third-order valence-corrected chi connectivity index (χ3v) is 7.95. The minimum atomic E-state index is -4.28. The summed E-state index contributed by atoms with van der Waals surface area (Å²) in [5, 5.41) is 2.57. The molecule has 1 atom stereocenters. The molecule has 3 aromatic rings. The number of rotatable bonds is 12. The SMILES string of the molecule is CC[C@H](C(=O)NC)N(Cc1cccc(OC)c1)C(=O)CN(c1ccc(F)cc1)S(=O)(=O)c1ccc(OC)cc1. The maximum absolute atomic E-state index is 13.9. The van der Waals surface area contributed by atoms with Crippen LogP contribution < -0.4 is 19.1 Å². The molecule has 208 valence electrons. The van der Waals surface area contributed by atoms with E-state index in [1.165, 1.54) is 62.6 Å². The largest absolute Gasteiger partial charge is 0.497 e. The molecule has 0 bridgehead atoms. The maximum atomic E-state index is 13.9. The highest BCUT2D eigenvalue weighted by Gasteiger charge is 2.33. The predicted octanol–water partition coefficient (Wildman–Crippen LogP) is 3.59. The van der Waals surface area contributed by atoms with E-state index in [2.05, 4.69) is 5.32 Å². The van der Waals surface area contributed by atoms with Gasteiger partial charge in [0.1, 0.15) is 29.9 Å². The van der Waals surface area contributed by atoms with Crippen molar-refractivity contribution >= 4 is 27.5 Å². The van der Waals surface area contributed by atoms with Crippen molar-refractivity contribution in [2.24, 2.45) is 0 Å². The minimum Gasteiger partial charge on any atom is -0.497 e. The topological polar surface area (TPSA) is 105 Å². The Labute approximate surface area is 228 Å². The van der Waals surface area contributed by atoms with E-state index >= 15 is 0 Å². The van der Waals surface area contributed by atoms with Crippen molar-refractivity contribution in [3.63, 3.8) is 0 Å². The molecule has 0 unspecified atom stereocenters. The lowest BCUT2D eigenvalue weighted by Gasteiger charge is -2.33. The summed E-state index contributed by atoms with van der Waals surface area (Å²) in [7, 11) is 0.174. The van der Waals surface area contributed by atoms with Gasteiger partial charge in [0.2, 0.25) is 11.8 Å². The molecular formula is C28H32FN3O6S. The summed E-state index contributed by atoms with van der Waals surface area (Å²) >= 11 is 0. The number of nitrogens with one attached hydrogen (secondary N) is 1. The Bertz CT molecular complexity index is 1380. The van der Waals surface area contributed by atoms with Gasteiger partial charge in [-0.15, -0.1) is 0 Å². The Morgan fingerprint density at radius 3 is 2.15 bits per heavy atom. The van der Waals surface area contributed by atoms with Crippen LogP contribution in [-0.2, 0) is 26.2 Å². The molecule has 0 aliphatic heterocycles. The van der Waals surface area contributed by atoms with Gasteiger partial charge in [-0.1, -0.05) is 19.1 Å². The minimum absolute atomic E-state index is 0.0296. The molecule has 0 saturated carbocycles. The Hall–Kier alpha value is -4.12. The fraction of sp³-hybridized carbons (Fsp3) is 0.286. The molecule has 0 fully saturated rings. The number of ether oxygens (including phenoxy) is 2. The van der Waals surface area contributed by atoms with Crippen molar-refractivity contribution in [2.45, 2.75) is 30.8 Å². The van der Waals surface area contributed by atoms with Crippen LogP contribution in [0.3, 0.4) is 0 Å². The first-order valence-electron chi connectivity index (χ1n) is 12.2. The van der Waals surface area contributed by atoms with Gasteiger partial charge in [0.15, 0.2) is 0 Å². The Kier molecular flexibility index (Phi) is 9.89. The summed E-state index contributed by atoms with van der Waals surface area (Å²) < 4.78 is 52.6. The lowest BCUT2D eigenvalue weighted by atomic mass is 10.1. The summed E-state index contributed by atoms with van der Waals surface area (Å²) in [6.45, 7) is 1.16. The third kappa shape index (κ3) is 7.05. The van der Waals surface area contributed by atoms with Crippen LogP contribution in [0, 0.1) is 5.82 Å². The molecule has 0 saturated heterocycles. The van der Waals surface area contributed by atoms with E-state index in [1.54, 1.807) is 31.2 Å². The van der Waals surface area contributed by atoms with Crippen LogP contribution in [0.15, 0.2) is 77.7 Å². The number of amides is 2. The van der Waals surface area contributed by atoms with Crippen molar-refractivity contribution in [1.29, 1.82) is 0 Å². The van der Waals surface area contributed by atoms with Crippen molar-refractivity contribution in [1.82, 2.24) is 10.2 Å². The number of methoxy groups -OCH3 is 2. The molecule has 2 amide bonds. The van der Waals surface area contributed by atoms with E-state index in [9.17, 15) is 22.4 Å². The van der Waals surface area contributed by atoms with Gasteiger partial charge in [0, 0.05) is 13.6 Å².